The van der Waals surface area contributed by atoms with E-state index in [4.69, 9.17) is 5.73 Å². The van der Waals surface area contributed by atoms with Gasteiger partial charge in [-0.2, -0.15) is 0 Å². The Bertz CT molecular complexity index is 466. The van der Waals surface area contributed by atoms with Crippen molar-refractivity contribution in [3.8, 4) is 0 Å². The largest absolute Gasteiger partial charge is 0.344 e. The van der Waals surface area contributed by atoms with E-state index in [1.54, 1.807) is 0 Å². The van der Waals surface area contributed by atoms with Gasteiger partial charge < -0.3 is 15.2 Å². The topological polar surface area (TPSA) is 51.3 Å². The first-order valence-corrected chi connectivity index (χ1v) is 7.73. The molecule has 0 aliphatic heterocycles. The average Bonchev–Trinajstić information content (AvgIpc) is 2.80. The van der Waals surface area contributed by atoms with Crippen molar-refractivity contribution in [2.45, 2.75) is 45.6 Å². The van der Waals surface area contributed by atoms with Gasteiger partial charge in [-0.15, -0.1) is 0 Å². The highest BCUT2D eigenvalue weighted by Crippen LogP contribution is 2.29. The molecule has 112 valence electrons. The molecule has 2 N–H and O–H groups in total. The molecule has 1 aliphatic carbocycles. The Hall–Kier alpha value is -1.29. The summed E-state index contributed by atoms with van der Waals surface area (Å²) in [5.74, 6) is 0.600. The van der Waals surface area contributed by atoms with Crippen LogP contribution < -0.4 is 5.73 Å². The summed E-state index contributed by atoms with van der Waals surface area (Å²) in [7, 11) is 1.96. The number of carbonyl (C=O) groups is 1. The Balaban J connectivity index is 2.22. The van der Waals surface area contributed by atoms with Gasteiger partial charge in [0.2, 0.25) is 0 Å². The molecule has 2 unspecified atom stereocenters. The number of nitrogens with zero attached hydrogens (tertiary/aromatic N) is 2. The number of hydrogen-bond donors (Lipinski definition) is 1. The van der Waals surface area contributed by atoms with Gasteiger partial charge in [0.25, 0.3) is 5.91 Å². The van der Waals surface area contributed by atoms with Crippen LogP contribution in [-0.2, 0) is 7.05 Å². The Labute approximate surface area is 121 Å². The third-order valence-electron chi connectivity index (χ3n) is 4.77. The predicted octanol–water partition coefficient (Wildman–Crippen LogP) is 2.31. The summed E-state index contributed by atoms with van der Waals surface area (Å²) in [6, 6.07) is 4.24. The van der Waals surface area contributed by atoms with Crippen LogP contribution in [0.4, 0.5) is 0 Å². The van der Waals surface area contributed by atoms with Crippen LogP contribution in [0.15, 0.2) is 12.1 Å². The number of amides is 1. The fourth-order valence-electron chi connectivity index (χ4n) is 3.38. The molecule has 0 aromatic carbocycles. The van der Waals surface area contributed by atoms with Gasteiger partial charge in [-0.05, 0) is 51.3 Å². The van der Waals surface area contributed by atoms with E-state index in [2.05, 4.69) is 6.92 Å². The standard InChI is InChI=1S/C16H27N3O/c1-4-19(14-8-6-5-7-13(14)11-17)16(20)15-10-9-12(2)18(15)3/h9-10,13-14H,4-8,11,17H2,1-3H3. The second kappa shape index (κ2) is 6.44. The molecule has 1 fully saturated rings. The molecule has 2 atom stereocenters. The monoisotopic (exact) mass is 277 g/mol. The zero-order valence-electron chi connectivity index (χ0n) is 12.9. The van der Waals surface area contributed by atoms with Crippen LogP contribution in [0.25, 0.3) is 0 Å². The Morgan fingerprint density at radius 3 is 2.65 bits per heavy atom. The molecule has 1 aliphatic rings. The highest BCUT2D eigenvalue weighted by molar-refractivity contribution is 5.93. The summed E-state index contributed by atoms with van der Waals surface area (Å²) in [6.45, 7) is 5.52. The van der Waals surface area contributed by atoms with E-state index in [9.17, 15) is 4.79 Å². The van der Waals surface area contributed by atoms with Crippen molar-refractivity contribution in [1.29, 1.82) is 0 Å². The highest BCUT2D eigenvalue weighted by Gasteiger charge is 2.32. The molecule has 1 amide bonds. The Morgan fingerprint density at radius 1 is 1.40 bits per heavy atom. The number of rotatable bonds is 4. The van der Waals surface area contributed by atoms with Gasteiger partial charge in [0.05, 0.1) is 0 Å². The van der Waals surface area contributed by atoms with Gasteiger partial charge in [0, 0.05) is 25.3 Å². The van der Waals surface area contributed by atoms with Crippen LogP contribution in [0, 0.1) is 12.8 Å². The zero-order chi connectivity index (χ0) is 14.7. The Morgan fingerprint density at radius 2 is 2.10 bits per heavy atom. The first-order valence-electron chi connectivity index (χ1n) is 7.73. The molecule has 2 rings (SSSR count). The maximum Gasteiger partial charge on any atom is 0.270 e. The van der Waals surface area contributed by atoms with Gasteiger partial charge >= 0.3 is 0 Å². The number of nitrogens with two attached hydrogens (primary N) is 1. The average molecular weight is 277 g/mol. The lowest BCUT2D eigenvalue weighted by atomic mass is 9.83. The molecule has 0 saturated heterocycles. The second-order valence-corrected chi connectivity index (χ2v) is 5.86. The van der Waals surface area contributed by atoms with Crippen molar-refractivity contribution in [3.63, 3.8) is 0 Å². The number of carbonyl (C=O) groups excluding carboxylic acids is 1. The Kier molecular flexibility index (Phi) is 4.86. The molecule has 1 saturated carbocycles. The van der Waals surface area contributed by atoms with E-state index in [0.717, 1.165) is 30.8 Å². The maximum atomic E-state index is 12.8. The van der Waals surface area contributed by atoms with E-state index in [1.807, 2.05) is 35.6 Å². The maximum absolute atomic E-state index is 12.8. The fourth-order valence-corrected chi connectivity index (χ4v) is 3.38. The summed E-state index contributed by atoms with van der Waals surface area (Å²) in [5, 5.41) is 0. The lowest BCUT2D eigenvalue weighted by Gasteiger charge is -2.39. The molecular formula is C16H27N3O. The van der Waals surface area contributed by atoms with Crippen molar-refractivity contribution in [3.05, 3.63) is 23.5 Å². The van der Waals surface area contributed by atoms with Gasteiger partial charge in [-0.1, -0.05) is 12.8 Å². The van der Waals surface area contributed by atoms with Crippen LogP contribution in [0.2, 0.25) is 0 Å². The third kappa shape index (κ3) is 2.75. The van der Waals surface area contributed by atoms with Crippen molar-refractivity contribution in [1.82, 2.24) is 9.47 Å². The van der Waals surface area contributed by atoms with Gasteiger partial charge in [-0.25, -0.2) is 0 Å². The van der Waals surface area contributed by atoms with Gasteiger partial charge in [-0.3, -0.25) is 4.79 Å². The van der Waals surface area contributed by atoms with Crippen molar-refractivity contribution in [2.75, 3.05) is 13.1 Å². The fraction of sp³-hybridized carbons (Fsp3) is 0.688. The van der Waals surface area contributed by atoms with Crippen LogP contribution in [0.5, 0.6) is 0 Å². The van der Waals surface area contributed by atoms with E-state index in [0.29, 0.717) is 18.5 Å². The smallest absolute Gasteiger partial charge is 0.270 e. The van der Waals surface area contributed by atoms with Gasteiger partial charge in [0.15, 0.2) is 0 Å². The third-order valence-corrected chi connectivity index (χ3v) is 4.77. The molecule has 0 bridgehead atoms. The summed E-state index contributed by atoms with van der Waals surface area (Å²) in [4.78, 5) is 14.9. The summed E-state index contributed by atoms with van der Waals surface area (Å²) < 4.78 is 1.98. The molecule has 20 heavy (non-hydrogen) atoms. The molecule has 4 nitrogen and oxygen atoms in total. The summed E-state index contributed by atoms with van der Waals surface area (Å²) in [5.41, 5.74) is 7.81. The van der Waals surface area contributed by atoms with E-state index < -0.39 is 0 Å². The normalized spacial score (nSPS) is 22.8. The van der Waals surface area contributed by atoms with E-state index in [-0.39, 0.29) is 5.91 Å². The van der Waals surface area contributed by atoms with Gasteiger partial charge in [0.1, 0.15) is 5.69 Å². The van der Waals surface area contributed by atoms with Crippen molar-refractivity contribution >= 4 is 5.91 Å². The minimum Gasteiger partial charge on any atom is -0.344 e. The van der Waals surface area contributed by atoms with Crippen LogP contribution in [0.1, 0.15) is 48.8 Å². The number of aryl methyl sites for hydroxylation is 1. The quantitative estimate of drug-likeness (QED) is 0.918. The minimum atomic E-state index is 0.147. The first-order chi connectivity index (χ1) is 9.60. The zero-order valence-corrected chi connectivity index (χ0v) is 12.9. The van der Waals surface area contributed by atoms with Crippen molar-refractivity contribution in [2.24, 2.45) is 18.7 Å². The van der Waals surface area contributed by atoms with E-state index in [1.165, 1.54) is 12.8 Å². The number of hydrogen-bond acceptors (Lipinski definition) is 2. The molecule has 0 spiro atoms. The molecule has 1 heterocycles. The predicted molar refractivity (Wildman–Crippen MR) is 81.7 cm³/mol. The van der Waals surface area contributed by atoms with Crippen LogP contribution in [0.3, 0.4) is 0 Å². The molecule has 4 heteroatoms. The molecular weight excluding hydrogens is 250 g/mol. The van der Waals surface area contributed by atoms with Crippen molar-refractivity contribution < 1.29 is 4.79 Å². The lowest BCUT2D eigenvalue weighted by molar-refractivity contribution is 0.0550. The molecule has 0 radical (unpaired) electrons. The van der Waals surface area contributed by atoms with Crippen LogP contribution >= 0.6 is 0 Å². The van der Waals surface area contributed by atoms with E-state index >= 15 is 0 Å². The molecule has 1 aromatic rings. The number of aromatic nitrogens is 1. The van der Waals surface area contributed by atoms with Crippen LogP contribution in [-0.4, -0.2) is 34.5 Å². The summed E-state index contributed by atoms with van der Waals surface area (Å²) in [6.07, 6.45) is 4.69. The lowest BCUT2D eigenvalue weighted by Crippen LogP contribution is -2.48. The summed E-state index contributed by atoms with van der Waals surface area (Å²) >= 11 is 0. The second-order valence-electron chi connectivity index (χ2n) is 5.86. The SMILES string of the molecule is CCN(C(=O)c1ccc(C)n1C)C1CCCCC1CN. The molecule has 1 aromatic heterocycles. The highest BCUT2D eigenvalue weighted by atomic mass is 16.2. The first kappa shape index (κ1) is 15.1. The minimum absolute atomic E-state index is 0.147.